The molecule has 0 saturated heterocycles. The molecule has 3 heteroatoms. The third-order valence-corrected chi connectivity index (χ3v) is 4.50. The maximum Gasteiger partial charge on any atom is 0.122 e. The summed E-state index contributed by atoms with van der Waals surface area (Å²) in [5.41, 5.74) is 2.65. The second-order valence-electron chi connectivity index (χ2n) is 5.42. The lowest BCUT2D eigenvalue weighted by Gasteiger charge is -2.08. The lowest BCUT2D eigenvalue weighted by atomic mass is 10.1. The van der Waals surface area contributed by atoms with Crippen molar-refractivity contribution in [1.82, 2.24) is 5.32 Å². The Labute approximate surface area is 141 Å². The average molecular weight is 323 g/mol. The van der Waals surface area contributed by atoms with Crippen molar-refractivity contribution in [2.75, 3.05) is 6.54 Å². The molecule has 0 amide bonds. The van der Waals surface area contributed by atoms with Crippen LogP contribution in [0, 0.1) is 0 Å². The van der Waals surface area contributed by atoms with E-state index in [0.717, 1.165) is 25.3 Å². The molecule has 0 saturated carbocycles. The molecular weight excluding hydrogens is 302 g/mol. The van der Waals surface area contributed by atoms with Crippen molar-refractivity contribution in [1.29, 1.82) is 0 Å². The lowest BCUT2D eigenvalue weighted by Crippen LogP contribution is -2.16. The first-order valence-corrected chi connectivity index (χ1v) is 8.77. The number of hydrogen-bond donors (Lipinski definition) is 1. The van der Waals surface area contributed by atoms with Gasteiger partial charge in [-0.15, -0.1) is 11.3 Å². The first-order valence-electron chi connectivity index (χ1n) is 7.89. The van der Waals surface area contributed by atoms with E-state index in [1.165, 1.54) is 16.0 Å². The van der Waals surface area contributed by atoms with Crippen molar-refractivity contribution in [3.63, 3.8) is 0 Å². The molecule has 0 unspecified atom stereocenters. The molecule has 0 aliphatic heterocycles. The van der Waals surface area contributed by atoms with Crippen LogP contribution in [0.1, 0.15) is 16.0 Å². The van der Waals surface area contributed by atoms with Gasteiger partial charge in [-0.1, -0.05) is 48.5 Å². The highest BCUT2D eigenvalue weighted by atomic mass is 32.1. The van der Waals surface area contributed by atoms with Gasteiger partial charge in [-0.3, -0.25) is 0 Å². The highest BCUT2D eigenvalue weighted by Crippen LogP contribution is 2.16. The summed E-state index contributed by atoms with van der Waals surface area (Å²) >= 11 is 1.72. The van der Waals surface area contributed by atoms with E-state index in [1.54, 1.807) is 11.3 Å². The van der Waals surface area contributed by atoms with E-state index in [0.29, 0.717) is 6.61 Å². The molecule has 1 N–H and O–H groups in total. The van der Waals surface area contributed by atoms with E-state index in [1.807, 2.05) is 18.2 Å². The van der Waals surface area contributed by atoms with Crippen LogP contribution in [0.2, 0.25) is 0 Å². The van der Waals surface area contributed by atoms with E-state index < -0.39 is 0 Å². The van der Waals surface area contributed by atoms with Crippen LogP contribution in [0.3, 0.4) is 0 Å². The van der Waals surface area contributed by atoms with E-state index in [9.17, 15) is 0 Å². The predicted molar refractivity (Wildman–Crippen MR) is 96.9 cm³/mol. The Bertz CT molecular complexity index is 677. The van der Waals surface area contributed by atoms with Crippen molar-refractivity contribution < 1.29 is 4.74 Å². The Morgan fingerprint density at radius 3 is 2.39 bits per heavy atom. The molecule has 2 aromatic carbocycles. The number of hydrogen-bond acceptors (Lipinski definition) is 3. The van der Waals surface area contributed by atoms with E-state index in [4.69, 9.17) is 4.74 Å². The van der Waals surface area contributed by atoms with Gasteiger partial charge in [0.25, 0.3) is 0 Å². The zero-order chi connectivity index (χ0) is 15.7. The van der Waals surface area contributed by atoms with Gasteiger partial charge in [0.15, 0.2) is 0 Å². The summed E-state index contributed by atoms with van der Waals surface area (Å²) in [5, 5.41) is 5.56. The van der Waals surface area contributed by atoms with Gasteiger partial charge in [-0.05, 0) is 47.7 Å². The van der Waals surface area contributed by atoms with Gasteiger partial charge in [0.1, 0.15) is 12.4 Å². The van der Waals surface area contributed by atoms with Crippen LogP contribution in [0.5, 0.6) is 5.75 Å². The van der Waals surface area contributed by atoms with Gasteiger partial charge in [-0.25, -0.2) is 0 Å². The summed E-state index contributed by atoms with van der Waals surface area (Å²) in [7, 11) is 0. The van der Waals surface area contributed by atoms with Crippen LogP contribution in [0.4, 0.5) is 0 Å². The molecule has 1 aromatic heterocycles. The molecule has 0 radical (unpaired) electrons. The third kappa shape index (κ3) is 5.23. The Morgan fingerprint density at radius 1 is 0.826 bits per heavy atom. The fraction of sp³-hybridized carbons (Fsp3) is 0.200. The molecule has 3 rings (SSSR count). The zero-order valence-electron chi connectivity index (χ0n) is 13.1. The van der Waals surface area contributed by atoms with Crippen molar-refractivity contribution in [2.45, 2.75) is 19.6 Å². The minimum Gasteiger partial charge on any atom is -0.488 e. The van der Waals surface area contributed by atoms with Crippen molar-refractivity contribution in [3.05, 3.63) is 88.1 Å². The van der Waals surface area contributed by atoms with Crippen LogP contribution in [-0.2, 0) is 19.6 Å². The molecule has 0 fully saturated rings. The maximum atomic E-state index is 5.78. The Kier molecular flexibility index (Phi) is 5.84. The van der Waals surface area contributed by atoms with Gasteiger partial charge in [0, 0.05) is 11.4 Å². The highest BCUT2D eigenvalue weighted by Gasteiger charge is 1.98. The summed E-state index contributed by atoms with van der Waals surface area (Å²) in [5.74, 6) is 0.923. The molecule has 1 heterocycles. The van der Waals surface area contributed by atoms with Crippen molar-refractivity contribution >= 4 is 11.3 Å². The molecule has 0 atom stereocenters. The van der Waals surface area contributed by atoms with Crippen LogP contribution in [0.25, 0.3) is 0 Å². The standard InChI is InChI=1S/C20H21NOS/c1-2-5-17(6-3-1)12-13-21-15-18-8-10-19(11-9-18)22-16-20-7-4-14-23-20/h1-11,14,21H,12-13,15-16H2. The number of ether oxygens (including phenoxy) is 1. The average Bonchev–Trinajstić information content (AvgIpc) is 3.12. The molecule has 3 aromatic rings. The first-order chi connectivity index (χ1) is 11.4. The molecule has 2 nitrogen and oxygen atoms in total. The van der Waals surface area contributed by atoms with Gasteiger partial charge < -0.3 is 10.1 Å². The number of thiophene rings is 1. The molecule has 0 aliphatic rings. The van der Waals surface area contributed by atoms with Gasteiger partial charge in [-0.2, -0.15) is 0 Å². The smallest absolute Gasteiger partial charge is 0.122 e. The number of benzene rings is 2. The summed E-state index contributed by atoms with van der Waals surface area (Å²) in [4.78, 5) is 1.25. The molecule has 0 spiro atoms. The molecule has 118 valence electrons. The molecular formula is C20H21NOS. The molecule has 0 aliphatic carbocycles. The highest BCUT2D eigenvalue weighted by molar-refractivity contribution is 7.09. The third-order valence-electron chi connectivity index (χ3n) is 3.65. The summed E-state index contributed by atoms with van der Waals surface area (Å²) in [6, 6.07) is 23.0. The second kappa shape index (κ2) is 8.51. The molecule has 23 heavy (non-hydrogen) atoms. The Hall–Kier alpha value is -2.10. The lowest BCUT2D eigenvalue weighted by molar-refractivity contribution is 0.309. The fourth-order valence-electron chi connectivity index (χ4n) is 2.36. The fourth-order valence-corrected chi connectivity index (χ4v) is 2.98. The zero-order valence-corrected chi connectivity index (χ0v) is 13.9. The summed E-state index contributed by atoms with van der Waals surface area (Å²) in [6.07, 6.45) is 1.06. The summed E-state index contributed by atoms with van der Waals surface area (Å²) < 4.78 is 5.78. The number of nitrogens with one attached hydrogen (secondary N) is 1. The quantitative estimate of drug-likeness (QED) is 0.609. The van der Waals surface area contributed by atoms with Crippen molar-refractivity contribution in [3.8, 4) is 5.75 Å². The predicted octanol–water partition coefficient (Wildman–Crippen LogP) is 4.66. The van der Waals surface area contributed by atoms with Crippen LogP contribution in [-0.4, -0.2) is 6.54 Å². The minimum absolute atomic E-state index is 0.645. The maximum absolute atomic E-state index is 5.78. The van der Waals surface area contributed by atoms with Gasteiger partial charge in [0.2, 0.25) is 0 Å². The molecule has 0 bridgehead atoms. The monoisotopic (exact) mass is 323 g/mol. The largest absolute Gasteiger partial charge is 0.488 e. The Morgan fingerprint density at radius 2 is 1.65 bits per heavy atom. The SMILES string of the molecule is c1ccc(CCNCc2ccc(OCc3cccs3)cc2)cc1. The van der Waals surface area contributed by atoms with Gasteiger partial charge in [0.05, 0.1) is 0 Å². The topological polar surface area (TPSA) is 21.3 Å². The van der Waals surface area contributed by atoms with Gasteiger partial charge >= 0.3 is 0 Å². The van der Waals surface area contributed by atoms with Crippen molar-refractivity contribution in [2.24, 2.45) is 0 Å². The Balaban J connectivity index is 1.39. The normalized spacial score (nSPS) is 10.6. The van der Waals surface area contributed by atoms with E-state index in [-0.39, 0.29) is 0 Å². The van der Waals surface area contributed by atoms with E-state index >= 15 is 0 Å². The summed E-state index contributed by atoms with van der Waals surface area (Å²) in [6.45, 7) is 2.52. The second-order valence-corrected chi connectivity index (χ2v) is 6.46. The van der Waals surface area contributed by atoms with Crippen LogP contribution >= 0.6 is 11.3 Å². The minimum atomic E-state index is 0.645. The van der Waals surface area contributed by atoms with Crippen LogP contribution < -0.4 is 10.1 Å². The van der Waals surface area contributed by atoms with Crippen LogP contribution in [0.15, 0.2) is 72.1 Å². The first kappa shape index (κ1) is 15.8. The van der Waals surface area contributed by atoms with E-state index in [2.05, 4.69) is 59.2 Å². The number of rotatable bonds is 8.